The van der Waals surface area contributed by atoms with E-state index in [0.29, 0.717) is 0 Å². The third-order valence-electron chi connectivity index (χ3n) is 3.24. The normalized spacial score (nSPS) is 17.8. The smallest absolute Gasteiger partial charge is 0.383 e. The van der Waals surface area contributed by atoms with Gasteiger partial charge in [0.2, 0.25) is 0 Å². The molecule has 0 bridgehead atoms. The van der Waals surface area contributed by atoms with Crippen LogP contribution in [0.5, 0.6) is 0 Å². The Morgan fingerprint density at radius 2 is 1.84 bits per heavy atom. The lowest BCUT2D eigenvalue weighted by Gasteiger charge is -2.26. The average Bonchev–Trinajstić information content (AvgIpc) is 2.61. The molecule has 6 N–H and O–H groups in total. The van der Waals surface area contributed by atoms with Gasteiger partial charge in [-0.25, -0.2) is 18.5 Å². The lowest BCUT2D eigenvalue weighted by molar-refractivity contribution is -0.104. The van der Waals surface area contributed by atoms with E-state index >= 15 is 0 Å². The summed E-state index contributed by atoms with van der Waals surface area (Å²) >= 11 is 0. The number of nitrogen functional groups attached to an aromatic ring is 1. The molecule has 4 atom stereocenters. The molecule has 0 saturated carbocycles. The lowest BCUT2D eigenvalue weighted by Crippen LogP contribution is -2.34. The number of hydrogen-bond donors (Lipinski definition) is 5. The summed E-state index contributed by atoms with van der Waals surface area (Å²) in [6, 6.07) is 1.35. The van der Waals surface area contributed by atoms with Gasteiger partial charge in [0.25, 0.3) is 0 Å². The Bertz CT molecular complexity index is 964. The molecule has 32 heavy (non-hydrogen) atoms. The van der Waals surface area contributed by atoms with Crippen molar-refractivity contribution in [2.24, 2.45) is 0 Å². The number of nitrogens with zero attached hydrogens (tertiary/aromatic N) is 2. The quantitative estimate of drug-likeness (QED) is 0.121. The first-order valence-corrected chi connectivity index (χ1v) is 13.2. The van der Waals surface area contributed by atoms with E-state index in [1.54, 1.807) is 6.92 Å². The zero-order valence-electron chi connectivity index (χ0n) is 16.7. The van der Waals surface area contributed by atoms with Crippen molar-refractivity contribution in [2.75, 3.05) is 25.6 Å². The predicted molar refractivity (Wildman–Crippen MR) is 108 cm³/mol. The number of ether oxygens (including phenoxy) is 2. The van der Waals surface area contributed by atoms with Crippen LogP contribution in [0.2, 0.25) is 0 Å². The van der Waals surface area contributed by atoms with E-state index in [4.69, 9.17) is 25.0 Å². The second-order valence-corrected chi connectivity index (χ2v) is 10.3. The molecule has 0 aliphatic carbocycles. The van der Waals surface area contributed by atoms with Crippen LogP contribution in [0.1, 0.15) is 19.6 Å². The van der Waals surface area contributed by atoms with Gasteiger partial charge in [0.1, 0.15) is 18.1 Å². The van der Waals surface area contributed by atoms with Crippen LogP contribution in [0.25, 0.3) is 0 Å². The molecule has 1 heterocycles. The van der Waals surface area contributed by atoms with Gasteiger partial charge in [-0.3, -0.25) is 9.09 Å². The number of rotatable bonds is 15. The molecule has 0 aliphatic rings. The van der Waals surface area contributed by atoms with Crippen molar-refractivity contribution in [1.29, 1.82) is 0 Å². The van der Waals surface area contributed by atoms with Crippen molar-refractivity contribution in [2.45, 2.75) is 25.7 Å². The minimum absolute atomic E-state index is 0.0142. The molecule has 0 radical (unpaired) electrons. The van der Waals surface area contributed by atoms with Crippen LogP contribution in [-0.2, 0) is 36.3 Å². The van der Waals surface area contributed by atoms with Crippen LogP contribution in [0.4, 0.5) is 5.82 Å². The highest BCUT2D eigenvalue weighted by atomic mass is 31.3. The Morgan fingerprint density at radius 1 is 1.19 bits per heavy atom. The Morgan fingerprint density at radius 3 is 2.38 bits per heavy atom. The van der Waals surface area contributed by atoms with Crippen LogP contribution in [-0.4, -0.2) is 55.0 Å². The van der Waals surface area contributed by atoms with Gasteiger partial charge in [0.15, 0.2) is 0 Å². The van der Waals surface area contributed by atoms with Crippen LogP contribution in [0.15, 0.2) is 29.7 Å². The fourth-order valence-corrected chi connectivity index (χ4v) is 5.17. The van der Waals surface area contributed by atoms with E-state index in [1.807, 2.05) is 0 Å². The van der Waals surface area contributed by atoms with Crippen molar-refractivity contribution in [3.05, 3.63) is 35.4 Å². The summed E-state index contributed by atoms with van der Waals surface area (Å²) in [5, 5.41) is 0. The van der Waals surface area contributed by atoms with Gasteiger partial charge in [-0.1, -0.05) is 13.0 Å². The van der Waals surface area contributed by atoms with Gasteiger partial charge in [0, 0.05) is 6.20 Å². The van der Waals surface area contributed by atoms with E-state index in [1.165, 1.54) is 18.3 Å². The van der Waals surface area contributed by atoms with Crippen molar-refractivity contribution in [1.82, 2.24) is 9.55 Å². The zero-order valence-corrected chi connectivity index (χ0v) is 19.4. The van der Waals surface area contributed by atoms with Gasteiger partial charge in [-0.15, -0.1) is 6.58 Å². The molecule has 0 spiro atoms. The maximum absolute atomic E-state index is 12.0. The number of phosphoric ester groups is 1. The first-order valence-electron chi connectivity index (χ1n) is 8.65. The van der Waals surface area contributed by atoms with Crippen molar-refractivity contribution >= 4 is 29.3 Å². The van der Waals surface area contributed by atoms with E-state index < -0.39 is 48.1 Å². The van der Waals surface area contributed by atoms with Gasteiger partial charge in [-0.05, 0) is 12.5 Å². The highest BCUT2D eigenvalue weighted by molar-refractivity contribution is 7.66. The Kier molecular flexibility index (Phi) is 11.0. The maximum atomic E-state index is 12.0. The average molecular weight is 523 g/mol. The van der Waals surface area contributed by atoms with Crippen LogP contribution < -0.4 is 11.4 Å². The molecular weight excluding hydrogens is 499 g/mol. The molecule has 1 aromatic heterocycles. The number of aromatic nitrogens is 2. The molecule has 0 aliphatic heterocycles. The first kappa shape index (κ1) is 28.8. The lowest BCUT2D eigenvalue weighted by atomic mass is 10.3. The predicted octanol–water partition coefficient (Wildman–Crippen LogP) is 0.665. The molecule has 0 saturated heterocycles. The first-order chi connectivity index (χ1) is 14.7. The summed E-state index contributed by atoms with van der Waals surface area (Å²) in [6.45, 7) is 4.17. The van der Waals surface area contributed by atoms with E-state index in [9.17, 15) is 28.3 Å². The van der Waals surface area contributed by atoms with E-state index in [-0.39, 0.29) is 25.5 Å². The number of anilines is 1. The molecular formula is C13H24N3O13P3. The zero-order chi connectivity index (χ0) is 24.6. The third-order valence-corrected chi connectivity index (χ3v) is 7.04. The van der Waals surface area contributed by atoms with Crippen molar-refractivity contribution < 1.29 is 55.9 Å². The molecule has 16 nitrogen and oxygen atoms in total. The maximum Gasteiger partial charge on any atom is 0.490 e. The minimum atomic E-state index is -5.67. The summed E-state index contributed by atoms with van der Waals surface area (Å²) in [4.78, 5) is 51.5. The number of nitrogens with two attached hydrogens (primary N) is 1. The van der Waals surface area contributed by atoms with Gasteiger partial charge in [-0.2, -0.15) is 13.6 Å². The van der Waals surface area contributed by atoms with Crippen molar-refractivity contribution in [3.8, 4) is 0 Å². The molecule has 1 aromatic rings. The standard InChI is InChI=1S/C13H24N3O13P3/c1-3-7-25-8-10(27-12(4-2)16-6-5-11(14)15-13(16)17)9-26-31(21,22)29-32(23,24)28-30(18,19)20/h3,5-6,10,12H,1,4,7-9H2,2H3,(H,21,22)(H,23,24)(H2,14,15,17)(H2,18,19,20)/t10-,12+/m0/s1. The third kappa shape index (κ3) is 11.1. The number of phosphoric acid groups is 3. The van der Waals surface area contributed by atoms with Gasteiger partial charge in [0.05, 0.1) is 19.8 Å². The molecule has 19 heteroatoms. The molecule has 184 valence electrons. The van der Waals surface area contributed by atoms with Crippen LogP contribution in [0.3, 0.4) is 0 Å². The summed E-state index contributed by atoms with van der Waals surface area (Å²) in [6.07, 6.45) is 0.902. The second kappa shape index (κ2) is 12.3. The van der Waals surface area contributed by atoms with Crippen LogP contribution >= 0.6 is 23.5 Å². The van der Waals surface area contributed by atoms with E-state index in [2.05, 4.69) is 24.7 Å². The largest absolute Gasteiger partial charge is 0.490 e. The summed E-state index contributed by atoms with van der Waals surface area (Å²) in [7, 11) is -16.6. The summed E-state index contributed by atoms with van der Waals surface area (Å²) in [5.41, 5.74) is 4.72. The SMILES string of the molecule is C=CCOC[C@@H](COP(=O)(O)OP(=O)(O)OP(=O)(O)O)O[C@H](CC)n1ccc(N)nc1=O. The summed E-state index contributed by atoms with van der Waals surface area (Å²) in [5.74, 6) is -0.0142. The fourth-order valence-electron chi connectivity index (χ4n) is 2.12. The Balaban J connectivity index is 2.92. The number of hydrogen-bond acceptors (Lipinski definition) is 11. The van der Waals surface area contributed by atoms with Crippen LogP contribution in [0, 0.1) is 0 Å². The minimum Gasteiger partial charge on any atom is -0.383 e. The van der Waals surface area contributed by atoms with Crippen molar-refractivity contribution in [3.63, 3.8) is 0 Å². The molecule has 0 fully saturated rings. The van der Waals surface area contributed by atoms with E-state index in [0.717, 1.165) is 4.57 Å². The molecule has 1 rings (SSSR count). The topological polar surface area (TPSA) is 239 Å². The highest BCUT2D eigenvalue weighted by Crippen LogP contribution is 2.66. The summed E-state index contributed by atoms with van der Waals surface area (Å²) < 4.78 is 57.8. The Labute approximate surface area is 182 Å². The monoisotopic (exact) mass is 523 g/mol. The highest BCUT2D eigenvalue weighted by Gasteiger charge is 2.41. The van der Waals surface area contributed by atoms with Gasteiger partial charge < -0.3 is 34.8 Å². The Hall–Kier alpha value is -1.25. The second-order valence-electron chi connectivity index (χ2n) is 5.88. The molecule has 2 unspecified atom stereocenters. The fraction of sp³-hybridized carbons (Fsp3) is 0.538. The molecule has 0 amide bonds. The molecule has 0 aromatic carbocycles. The van der Waals surface area contributed by atoms with Gasteiger partial charge >= 0.3 is 29.2 Å².